The van der Waals surface area contributed by atoms with Crippen LogP contribution in [0.25, 0.3) is 0 Å². The Bertz CT molecular complexity index is 334. The second-order valence-corrected chi connectivity index (χ2v) is 12.6. The molecule has 1 unspecified atom stereocenters. The van der Waals surface area contributed by atoms with E-state index < -0.39 is 0 Å². The summed E-state index contributed by atoms with van der Waals surface area (Å²) >= 11 is 4.02. The van der Waals surface area contributed by atoms with Gasteiger partial charge in [0.1, 0.15) is 6.29 Å². The summed E-state index contributed by atoms with van der Waals surface area (Å²) in [5.74, 6) is 1.41. The Morgan fingerprint density at radius 1 is 0.808 bits per heavy atom. The lowest BCUT2D eigenvalue weighted by Crippen LogP contribution is -2.32. The van der Waals surface area contributed by atoms with Crippen LogP contribution >= 0.6 is 23.5 Å². The number of carbonyl (C=O) groups excluding carboxylic acids is 1. The van der Waals surface area contributed by atoms with Crippen molar-refractivity contribution >= 4 is 29.8 Å². The van der Waals surface area contributed by atoms with Crippen molar-refractivity contribution in [2.75, 3.05) is 10.8 Å². The van der Waals surface area contributed by atoms with Crippen molar-refractivity contribution in [3.63, 3.8) is 0 Å². The van der Waals surface area contributed by atoms with Crippen LogP contribution in [0.15, 0.2) is 0 Å². The number of thioether (sulfide) groups is 2. The Kier molecular flexibility index (Phi) is 15.5. The number of rotatable bonds is 17. The van der Waals surface area contributed by atoms with Crippen molar-refractivity contribution in [2.45, 2.75) is 117 Å². The Morgan fingerprint density at radius 3 is 1.77 bits per heavy atom. The van der Waals surface area contributed by atoms with Crippen LogP contribution in [0.4, 0.5) is 0 Å². The third kappa shape index (κ3) is 15.4. The van der Waals surface area contributed by atoms with Gasteiger partial charge < -0.3 is 4.79 Å². The molecule has 0 saturated heterocycles. The Hall–Kier alpha value is 0.370. The zero-order chi connectivity index (χ0) is 19.9. The van der Waals surface area contributed by atoms with Crippen molar-refractivity contribution < 1.29 is 4.79 Å². The molecule has 0 aromatic rings. The third-order valence-electron chi connectivity index (χ3n) is 5.05. The van der Waals surface area contributed by atoms with Gasteiger partial charge in [-0.2, -0.15) is 11.8 Å². The Balaban J connectivity index is 3.62. The fraction of sp³-hybridized carbons (Fsp3) is 0.957. The summed E-state index contributed by atoms with van der Waals surface area (Å²) in [7, 11) is 0. The number of unbranched alkanes of at least 4 members (excludes halogenated alkanes) is 9. The van der Waals surface area contributed by atoms with Crippen LogP contribution in [0.3, 0.4) is 0 Å². The standard InChI is InChI=1S/C23H46OS2/c1-7-8-9-10-11-12-13-14-15-16-17-25-20-26-23(5,6)21(19-24)18-22(2,3)4/h19,21H,7-18,20H2,1-6H3. The van der Waals surface area contributed by atoms with Gasteiger partial charge in [0.25, 0.3) is 0 Å². The van der Waals surface area contributed by atoms with Crippen LogP contribution in [0.2, 0.25) is 0 Å². The summed E-state index contributed by atoms with van der Waals surface area (Å²) < 4.78 is 0.0415. The molecule has 0 aromatic heterocycles. The quantitative estimate of drug-likeness (QED) is 0.138. The molecule has 0 heterocycles. The van der Waals surface area contributed by atoms with Crippen molar-refractivity contribution in [1.29, 1.82) is 0 Å². The minimum absolute atomic E-state index is 0.0415. The molecule has 0 aliphatic heterocycles. The van der Waals surface area contributed by atoms with E-state index in [4.69, 9.17) is 0 Å². The molecule has 1 nitrogen and oxygen atoms in total. The minimum atomic E-state index is 0.0415. The summed E-state index contributed by atoms with van der Waals surface area (Å²) in [6.45, 7) is 13.4. The summed E-state index contributed by atoms with van der Waals surface area (Å²) in [5.41, 5.74) is 0.215. The maximum Gasteiger partial charge on any atom is 0.124 e. The first-order chi connectivity index (χ1) is 12.2. The van der Waals surface area contributed by atoms with E-state index in [2.05, 4.69) is 53.3 Å². The van der Waals surface area contributed by atoms with Crippen LogP contribution in [-0.2, 0) is 4.79 Å². The number of carbonyl (C=O) groups is 1. The molecule has 0 aromatic carbocycles. The predicted octanol–water partition coefficient (Wildman–Crippen LogP) is 8.36. The molecule has 0 rings (SSSR count). The summed E-state index contributed by atoms with van der Waals surface area (Å²) in [5, 5.41) is 1.11. The normalized spacial score (nSPS) is 13.8. The molecule has 0 saturated carbocycles. The van der Waals surface area contributed by atoms with E-state index in [9.17, 15) is 4.79 Å². The molecule has 1 atom stereocenters. The minimum Gasteiger partial charge on any atom is -0.303 e. The average Bonchev–Trinajstić information content (AvgIpc) is 2.56. The topological polar surface area (TPSA) is 17.1 Å². The second kappa shape index (κ2) is 15.3. The van der Waals surface area contributed by atoms with E-state index in [-0.39, 0.29) is 16.1 Å². The van der Waals surface area contributed by atoms with Crippen molar-refractivity contribution in [3.05, 3.63) is 0 Å². The SMILES string of the molecule is CCCCCCCCCCCCSCSC(C)(C)C(C=O)CC(C)(C)C. The van der Waals surface area contributed by atoms with Crippen molar-refractivity contribution in [1.82, 2.24) is 0 Å². The first kappa shape index (κ1) is 26.4. The molecule has 0 aliphatic carbocycles. The zero-order valence-corrected chi connectivity index (χ0v) is 20.2. The summed E-state index contributed by atoms with van der Waals surface area (Å²) in [4.78, 5) is 11.5. The van der Waals surface area contributed by atoms with Crippen molar-refractivity contribution in [3.8, 4) is 0 Å². The van der Waals surface area contributed by atoms with Crippen LogP contribution < -0.4 is 0 Å². The smallest absolute Gasteiger partial charge is 0.124 e. The van der Waals surface area contributed by atoms with Gasteiger partial charge in [-0.1, -0.05) is 85.5 Å². The molecule has 0 aliphatic rings. The largest absolute Gasteiger partial charge is 0.303 e. The van der Waals surface area contributed by atoms with Gasteiger partial charge >= 0.3 is 0 Å². The van der Waals surface area contributed by atoms with E-state index in [0.29, 0.717) is 0 Å². The highest BCUT2D eigenvalue weighted by Gasteiger charge is 2.32. The van der Waals surface area contributed by atoms with E-state index in [1.165, 1.54) is 76.2 Å². The lowest BCUT2D eigenvalue weighted by molar-refractivity contribution is -0.112. The van der Waals surface area contributed by atoms with Gasteiger partial charge in [0, 0.05) is 15.7 Å². The van der Waals surface area contributed by atoms with Gasteiger partial charge in [-0.25, -0.2) is 0 Å². The molecule has 0 radical (unpaired) electrons. The molecule has 156 valence electrons. The van der Waals surface area contributed by atoms with Crippen molar-refractivity contribution in [2.24, 2.45) is 11.3 Å². The average molecular weight is 403 g/mol. The summed E-state index contributed by atoms with van der Waals surface area (Å²) in [6.07, 6.45) is 16.2. The van der Waals surface area contributed by atoms with Crippen LogP contribution in [0, 0.1) is 11.3 Å². The molecule has 0 bridgehead atoms. The molecular weight excluding hydrogens is 356 g/mol. The first-order valence-corrected chi connectivity index (χ1v) is 13.0. The maximum absolute atomic E-state index is 11.5. The highest BCUT2D eigenvalue weighted by atomic mass is 32.2. The summed E-state index contributed by atoms with van der Waals surface area (Å²) in [6, 6.07) is 0. The molecule has 0 amide bonds. The van der Waals surface area contributed by atoms with Crippen LogP contribution in [-0.4, -0.2) is 21.9 Å². The number of hydrogen-bond donors (Lipinski definition) is 0. The van der Waals surface area contributed by atoms with Gasteiger partial charge in [-0.3, -0.25) is 0 Å². The highest BCUT2D eigenvalue weighted by molar-refractivity contribution is 8.16. The Morgan fingerprint density at radius 2 is 1.31 bits per heavy atom. The molecule has 0 N–H and O–H groups in total. The molecular formula is C23H46OS2. The lowest BCUT2D eigenvalue weighted by Gasteiger charge is -2.34. The first-order valence-electron chi connectivity index (χ1n) is 10.9. The fourth-order valence-corrected chi connectivity index (χ4v) is 5.95. The van der Waals surface area contributed by atoms with Gasteiger partial charge in [0.05, 0.1) is 0 Å². The second-order valence-electron chi connectivity index (χ2n) is 9.46. The van der Waals surface area contributed by atoms with Gasteiger partial charge in [-0.05, 0) is 37.9 Å². The molecule has 3 heteroatoms. The van der Waals surface area contributed by atoms with Crippen LogP contribution in [0.1, 0.15) is 112 Å². The lowest BCUT2D eigenvalue weighted by atomic mass is 9.80. The highest BCUT2D eigenvalue weighted by Crippen LogP contribution is 2.39. The van der Waals surface area contributed by atoms with Crippen LogP contribution in [0.5, 0.6) is 0 Å². The number of aldehydes is 1. The van der Waals surface area contributed by atoms with Gasteiger partial charge in [0.2, 0.25) is 0 Å². The molecule has 26 heavy (non-hydrogen) atoms. The Labute approximate surface area is 173 Å². The predicted molar refractivity (Wildman–Crippen MR) is 124 cm³/mol. The van der Waals surface area contributed by atoms with E-state index >= 15 is 0 Å². The number of hydrogen-bond acceptors (Lipinski definition) is 3. The van der Waals surface area contributed by atoms with Gasteiger partial charge in [0.15, 0.2) is 0 Å². The molecule has 0 spiro atoms. The van der Waals surface area contributed by atoms with E-state index in [1.54, 1.807) is 0 Å². The maximum atomic E-state index is 11.5. The third-order valence-corrected chi connectivity index (χ3v) is 7.81. The zero-order valence-electron chi connectivity index (χ0n) is 18.6. The van der Waals surface area contributed by atoms with E-state index in [0.717, 1.165) is 11.5 Å². The van der Waals surface area contributed by atoms with E-state index in [1.807, 2.05) is 11.8 Å². The molecule has 0 fully saturated rings. The monoisotopic (exact) mass is 402 g/mol. The fourth-order valence-electron chi connectivity index (χ4n) is 3.17. The van der Waals surface area contributed by atoms with Gasteiger partial charge in [-0.15, -0.1) is 11.8 Å².